The van der Waals surface area contributed by atoms with E-state index >= 15 is 0 Å². The Morgan fingerprint density at radius 3 is 2.73 bits per heavy atom. The molecule has 0 unspecified atom stereocenters. The number of nitrogens with one attached hydrogen (secondary N) is 1. The topological polar surface area (TPSA) is 73.2 Å². The highest BCUT2D eigenvalue weighted by atomic mass is 127. The smallest absolute Gasteiger partial charge is 0.340 e. The number of anilines is 1. The molecule has 6 nitrogen and oxygen atoms in total. The molecule has 116 valence electrons. The van der Waals surface area contributed by atoms with Crippen molar-refractivity contribution in [1.29, 1.82) is 0 Å². The summed E-state index contributed by atoms with van der Waals surface area (Å²) < 4.78 is 6.76. The van der Waals surface area contributed by atoms with Crippen LogP contribution < -0.4 is 5.32 Å². The lowest BCUT2D eigenvalue weighted by molar-refractivity contribution is -0.116. The Kier molecular flexibility index (Phi) is 5.65. The van der Waals surface area contributed by atoms with E-state index < -0.39 is 5.97 Å². The van der Waals surface area contributed by atoms with Crippen LogP contribution in [0.4, 0.5) is 5.69 Å². The fourth-order valence-corrected chi connectivity index (χ4v) is 2.48. The molecule has 0 saturated carbocycles. The van der Waals surface area contributed by atoms with Gasteiger partial charge in [-0.25, -0.2) is 4.79 Å². The number of hydrogen-bond donors (Lipinski definition) is 1. The van der Waals surface area contributed by atoms with Crippen LogP contribution in [-0.2, 0) is 16.1 Å². The van der Waals surface area contributed by atoms with Crippen molar-refractivity contribution in [2.75, 3.05) is 12.4 Å². The number of nitrogens with zero attached hydrogens (tertiary/aromatic N) is 2. The second-order valence-corrected chi connectivity index (χ2v) is 6.21. The van der Waals surface area contributed by atoms with Gasteiger partial charge in [-0.05, 0) is 34.7 Å². The van der Waals surface area contributed by atoms with E-state index in [9.17, 15) is 9.59 Å². The molecule has 0 atom stereocenters. The summed E-state index contributed by atoms with van der Waals surface area (Å²) in [4.78, 5) is 23.8. The van der Waals surface area contributed by atoms with Gasteiger partial charge in [0.25, 0.3) is 0 Å². The van der Waals surface area contributed by atoms with Gasteiger partial charge in [0.1, 0.15) is 6.54 Å². The first-order chi connectivity index (χ1) is 10.4. The van der Waals surface area contributed by atoms with E-state index in [1.807, 2.05) is 22.6 Å². The molecule has 0 aliphatic carbocycles. The number of carbonyl (C=O) groups is 2. The molecule has 0 aliphatic rings. The third-order valence-corrected chi connectivity index (χ3v) is 4.37. The number of aromatic nitrogens is 2. The number of ether oxygens (including phenoxy) is 1. The van der Waals surface area contributed by atoms with Gasteiger partial charge in [0.05, 0.1) is 34.6 Å². The van der Waals surface area contributed by atoms with Crippen LogP contribution in [0.3, 0.4) is 0 Å². The lowest BCUT2D eigenvalue weighted by Gasteiger charge is -2.11. The van der Waals surface area contributed by atoms with E-state index in [4.69, 9.17) is 27.9 Å². The Labute approximate surface area is 149 Å². The summed E-state index contributed by atoms with van der Waals surface area (Å²) in [6.45, 7) is -0.0447. The van der Waals surface area contributed by atoms with Crippen LogP contribution in [0.15, 0.2) is 24.5 Å². The summed E-state index contributed by atoms with van der Waals surface area (Å²) in [5.74, 6) is -0.936. The Bertz CT molecular complexity index is 733. The molecule has 2 aromatic rings. The molecule has 2 rings (SSSR count). The van der Waals surface area contributed by atoms with Crippen molar-refractivity contribution in [1.82, 2.24) is 9.78 Å². The highest BCUT2D eigenvalue weighted by molar-refractivity contribution is 14.1. The van der Waals surface area contributed by atoms with Gasteiger partial charge in [0.2, 0.25) is 5.91 Å². The van der Waals surface area contributed by atoms with Gasteiger partial charge >= 0.3 is 5.97 Å². The molecule has 0 bridgehead atoms. The van der Waals surface area contributed by atoms with Crippen molar-refractivity contribution in [3.63, 3.8) is 0 Å². The number of benzene rings is 1. The normalized spacial score (nSPS) is 10.4. The molecule has 1 amide bonds. The predicted molar refractivity (Wildman–Crippen MR) is 91.4 cm³/mol. The van der Waals surface area contributed by atoms with Gasteiger partial charge in [-0.3, -0.25) is 9.48 Å². The second kappa shape index (κ2) is 7.30. The van der Waals surface area contributed by atoms with Crippen LogP contribution in [-0.4, -0.2) is 28.8 Å². The quantitative estimate of drug-likeness (QED) is 0.569. The highest BCUT2D eigenvalue weighted by Gasteiger charge is 2.17. The molecular weight excluding hydrogens is 444 g/mol. The van der Waals surface area contributed by atoms with Crippen LogP contribution in [0.2, 0.25) is 10.0 Å². The third kappa shape index (κ3) is 4.11. The van der Waals surface area contributed by atoms with Gasteiger partial charge in [0, 0.05) is 9.77 Å². The fourth-order valence-electron chi connectivity index (χ4n) is 1.69. The first kappa shape index (κ1) is 17.0. The Hall–Kier alpha value is -1.32. The van der Waals surface area contributed by atoms with Crippen LogP contribution in [0.5, 0.6) is 0 Å². The van der Waals surface area contributed by atoms with Gasteiger partial charge in [0.15, 0.2) is 0 Å². The minimum absolute atomic E-state index is 0.0447. The molecule has 0 saturated heterocycles. The van der Waals surface area contributed by atoms with Crippen molar-refractivity contribution < 1.29 is 14.3 Å². The Morgan fingerprint density at radius 2 is 2.14 bits per heavy atom. The number of amides is 1. The van der Waals surface area contributed by atoms with Crippen LogP contribution >= 0.6 is 45.8 Å². The predicted octanol–water partition coefficient (Wildman–Crippen LogP) is 3.22. The summed E-state index contributed by atoms with van der Waals surface area (Å²) >= 11 is 13.8. The van der Waals surface area contributed by atoms with Crippen molar-refractivity contribution in [3.05, 3.63) is 43.7 Å². The number of carbonyl (C=O) groups excluding carboxylic acids is 2. The summed E-state index contributed by atoms with van der Waals surface area (Å²) in [5.41, 5.74) is 0.503. The molecule has 0 radical (unpaired) electrons. The zero-order chi connectivity index (χ0) is 16.3. The minimum Gasteiger partial charge on any atom is -0.465 e. The fraction of sp³-hybridized carbons (Fsp3) is 0.154. The number of hydrogen-bond acceptors (Lipinski definition) is 4. The Balaban J connectivity index is 2.22. The Morgan fingerprint density at radius 1 is 1.41 bits per heavy atom. The van der Waals surface area contributed by atoms with Crippen LogP contribution in [0.1, 0.15) is 10.4 Å². The van der Waals surface area contributed by atoms with E-state index in [0.717, 1.165) is 0 Å². The van der Waals surface area contributed by atoms with Gasteiger partial charge in [-0.1, -0.05) is 23.2 Å². The molecular formula is C13H10Cl2IN3O3. The van der Waals surface area contributed by atoms with Gasteiger partial charge in [-0.15, -0.1) is 0 Å². The average Bonchev–Trinajstić information content (AvgIpc) is 2.86. The maximum absolute atomic E-state index is 12.0. The van der Waals surface area contributed by atoms with Crippen molar-refractivity contribution in [2.24, 2.45) is 0 Å². The second-order valence-electron chi connectivity index (χ2n) is 4.21. The third-order valence-electron chi connectivity index (χ3n) is 2.65. The summed E-state index contributed by atoms with van der Waals surface area (Å²) in [5, 5.41) is 7.38. The van der Waals surface area contributed by atoms with E-state index in [2.05, 4.69) is 10.4 Å². The van der Waals surface area contributed by atoms with Crippen molar-refractivity contribution in [2.45, 2.75) is 6.54 Å². The zero-order valence-electron chi connectivity index (χ0n) is 11.3. The standard InChI is InChI=1S/C13H10Cl2IN3O3/c1-22-13(21)8-2-10(16)9(15)3-11(8)18-12(20)6-19-5-7(14)4-17-19/h2-5H,6H2,1H3,(H,18,20). The molecule has 1 aromatic carbocycles. The van der Waals surface area contributed by atoms with Crippen molar-refractivity contribution in [3.8, 4) is 0 Å². The molecule has 9 heteroatoms. The van der Waals surface area contributed by atoms with E-state index in [1.165, 1.54) is 30.3 Å². The minimum atomic E-state index is -0.563. The molecule has 0 spiro atoms. The molecule has 1 heterocycles. The van der Waals surface area contributed by atoms with E-state index in [1.54, 1.807) is 6.07 Å². The first-order valence-electron chi connectivity index (χ1n) is 5.96. The molecule has 1 aromatic heterocycles. The number of halogens is 3. The lowest BCUT2D eigenvalue weighted by atomic mass is 10.2. The van der Waals surface area contributed by atoms with E-state index in [0.29, 0.717) is 13.6 Å². The highest BCUT2D eigenvalue weighted by Crippen LogP contribution is 2.27. The maximum Gasteiger partial charge on any atom is 0.340 e. The number of esters is 1. The van der Waals surface area contributed by atoms with Crippen LogP contribution in [0.25, 0.3) is 0 Å². The average molecular weight is 454 g/mol. The first-order valence-corrected chi connectivity index (χ1v) is 7.79. The maximum atomic E-state index is 12.0. The molecule has 0 aliphatic heterocycles. The molecule has 0 fully saturated rings. The monoisotopic (exact) mass is 453 g/mol. The zero-order valence-corrected chi connectivity index (χ0v) is 14.9. The summed E-state index contributed by atoms with van der Waals surface area (Å²) in [6.07, 6.45) is 2.94. The van der Waals surface area contributed by atoms with Gasteiger partial charge in [-0.2, -0.15) is 5.10 Å². The largest absolute Gasteiger partial charge is 0.465 e. The number of rotatable bonds is 4. The van der Waals surface area contributed by atoms with Crippen molar-refractivity contribution >= 4 is 63.4 Å². The summed E-state index contributed by atoms with van der Waals surface area (Å²) in [6, 6.07) is 3.05. The SMILES string of the molecule is COC(=O)c1cc(I)c(Cl)cc1NC(=O)Cn1cc(Cl)cn1. The van der Waals surface area contributed by atoms with E-state index in [-0.39, 0.29) is 23.7 Å². The number of methoxy groups -OCH3 is 1. The lowest BCUT2D eigenvalue weighted by Crippen LogP contribution is -2.21. The summed E-state index contributed by atoms with van der Waals surface area (Å²) in [7, 11) is 1.27. The molecule has 22 heavy (non-hydrogen) atoms. The van der Waals surface area contributed by atoms with Gasteiger partial charge < -0.3 is 10.1 Å². The molecule has 1 N–H and O–H groups in total. The van der Waals surface area contributed by atoms with Crippen LogP contribution in [0, 0.1) is 3.57 Å².